The van der Waals surface area contributed by atoms with Crippen LogP contribution in [0.4, 0.5) is 4.79 Å². The first-order valence-corrected chi connectivity index (χ1v) is 2.29. The van der Waals surface area contributed by atoms with Crippen molar-refractivity contribution in [1.29, 1.82) is 0 Å². The topological polar surface area (TPSA) is 66.8 Å². The van der Waals surface area contributed by atoms with Crippen molar-refractivity contribution in [1.82, 2.24) is 0 Å². The predicted octanol–water partition coefficient (Wildman–Crippen LogP) is 1.39. The van der Waals surface area contributed by atoms with Gasteiger partial charge in [-0.2, -0.15) is 0 Å². The van der Waals surface area contributed by atoms with Crippen LogP contribution < -0.4 is 0 Å². The Balaban J connectivity index is 0. The van der Waals surface area contributed by atoms with E-state index in [1.807, 2.05) is 6.92 Å². The largest absolute Gasteiger partial charge is 0.503 e. The first-order valence-electron chi connectivity index (χ1n) is 2.29. The van der Waals surface area contributed by atoms with Gasteiger partial charge in [0, 0.05) is 0 Å². The van der Waals surface area contributed by atoms with Crippen molar-refractivity contribution >= 4 is 6.16 Å². The van der Waals surface area contributed by atoms with Gasteiger partial charge in [0.05, 0.1) is 12.9 Å². The van der Waals surface area contributed by atoms with Crippen molar-refractivity contribution in [3.05, 3.63) is 12.8 Å². The Morgan fingerprint density at radius 3 is 2.11 bits per heavy atom. The summed E-state index contributed by atoms with van der Waals surface area (Å²) in [5, 5.41) is 13.9. The van der Waals surface area contributed by atoms with Gasteiger partial charge in [0.15, 0.2) is 0 Å². The van der Waals surface area contributed by atoms with Crippen LogP contribution in [0, 0.1) is 0 Å². The van der Waals surface area contributed by atoms with Gasteiger partial charge >= 0.3 is 6.16 Å². The van der Waals surface area contributed by atoms with Crippen LogP contribution in [-0.4, -0.2) is 23.0 Å². The lowest BCUT2D eigenvalue weighted by Gasteiger charge is -1.84. The zero-order chi connectivity index (χ0) is 7.70. The Bertz CT molecular complexity index is 75.0. The fourth-order valence-corrected chi connectivity index (χ4v) is 0.118. The molecule has 0 aliphatic rings. The van der Waals surface area contributed by atoms with Crippen LogP contribution in [0.3, 0.4) is 0 Å². The van der Waals surface area contributed by atoms with E-state index >= 15 is 0 Å². The Morgan fingerprint density at radius 2 is 2.11 bits per heavy atom. The van der Waals surface area contributed by atoms with Crippen molar-refractivity contribution in [2.24, 2.45) is 0 Å². The van der Waals surface area contributed by atoms with Gasteiger partial charge in [0.25, 0.3) is 0 Å². The average molecular weight is 134 g/mol. The molecule has 0 heterocycles. The van der Waals surface area contributed by atoms with E-state index in [-0.39, 0.29) is 0 Å². The van der Waals surface area contributed by atoms with Crippen molar-refractivity contribution in [3.63, 3.8) is 0 Å². The maximum atomic E-state index is 8.56. The molecule has 0 saturated carbocycles. The molecule has 0 fully saturated rings. The van der Waals surface area contributed by atoms with Crippen LogP contribution in [0.2, 0.25) is 0 Å². The van der Waals surface area contributed by atoms with Crippen LogP contribution >= 0.6 is 0 Å². The van der Waals surface area contributed by atoms with Gasteiger partial charge in [-0.3, -0.25) is 0 Å². The highest BCUT2D eigenvalue weighted by atomic mass is 16.6. The number of rotatable bonds is 2. The van der Waals surface area contributed by atoms with E-state index in [0.29, 0.717) is 0 Å². The first-order chi connectivity index (χ1) is 4.15. The molecular formula is C5H10O4. The standard InChI is InChI=1S/C4H8O.CH2O3/c1-3-5-4-2;2-1(3)4/h3H,1,4H2,2H3;(H2,2,3,4). The second kappa shape index (κ2) is 9.94. The minimum atomic E-state index is -1.83. The molecule has 54 valence electrons. The quantitative estimate of drug-likeness (QED) is 0.560. The maximum absolute atomic E-state index is 8.56. The molecule has 0 atom stereocenters. The van der Waals surface area contributed by atoms with Crippen LogP contribution in [0.25, 0.3) is 0 Å². The molecular weight excluding hydrogens is 124 g/mol. The number of hydrogen-bond donors (Lipinski definition) is 2. The lowest BCUT2D eigenvalue weighted by molar-refractivity contribution is 0.137. The third kappa shape index (κ3) is 240. The van der Waals surface area contributed by atoms with Gasteiger partial charge in [-0.1, -0.05) is 6.58 Å². The van der Waals surface area contributed by atoms with Crippen molar-refractivity contribution in [2.45, 2.75) is 6.92 Å². The van der Waals surface area contributed by atoms with E-state index < -0.39 is 6.16 Å². The minimum Gasteiger partial charge on any atom is -0.502 e. The summed E-state index contributed by atoms with van der Waals surface area (Å²) in [6.45, 7) is 5.97. The molecule has 0 aromatic heterocycles. The number of hydrogen-bond acceptors (Lipinski definition) is 2. The summed E-state index contributed by atoms with van der Waals surface area (Å²) < 4.78 is 4.60. The van der Waals surface area contributed by atoms with E-state index in [1.165, 1.54) is 6.26 Å². The van der Waals surface area contributed by atoms with Gasteiger partial charge in [-0.05, 0) is 6.92 Å². The summed E-state index contributed by atoms with van der Waals surface area (Å²) in [5.41, 5.74) is 0. The highest BCUT2D eigenvalue weighted by Gasteiger charge is 1.70. The summed E-state index contributed by atoms with van der Waals surface area (Å²) in [7, 11) is 0. The van der Waals surface area contributed by atoms with Crippen LogP contribution in [-0.2, 0) is 4.74 Å². The molecule has 0 radical (unpaired) electrons. The van der Waals surface area contributed by atoms with Crippen molar-refractivity contribution < 1.29 is 19.7 Å². The fourth-order valence-electron chi connectivity index (χ4n) is 0.118. The Morgan fingerprint density at radius 1 is 1.78 bits per heavy atom. The molecule has 0 spiro atoms. The minimum absolute atomic E-state index is 0.726. The number of carbonyl (C=O) groups is 1. The molecule has 0 saturated heterocycles. The molecule has 4 nitrogen and oxygen atoms in total. The number of carboxylic acid groups (broad SMARTS) is 2. The van der Waals surface area contributed by atoms with Gasteiger partial charge in [0.1, 0.15) is 0 Å². The highest BCUT2D eigenvalue weighted by Crippen LogP contribution is 1.65. The van der Waals surface area contributed by atoms with Crippen molar-refractivity contribution in [2.75, 3.05) is 6.61 Å². The fraction of sp³-hybridized carbons (Fsp3) is 0.400. The van der Waals surface area contributed by atoms with Crippen LogP contribution in [0.1, 0.15) is 6.92 Å². The normalized spacial score (nSPS) is 6.33. The van der Waals surface area contributed by atoms with Crippen molar-refractivity contribution in [3.8, 4) is 0 Å². The molecule has 0 aromatic carbocycles. The molecule has 0 bridgehead atoms. The third-order valence-corrected chi connectivity index (χ3v) is 0.285. The molecule has 4 heteroatoms. The molecule has 0 aromatic rings. The SMILES string of the molecule is C=COCC.O=C(O)O. The van der Waals surface area contributed by atoms with E-state index in [0.717, 1.165) is 6.61 Å². The van der Waals surface area contributed by atoms with Gasteiger partial charge in [-0.15, -0.1) is 0 Å². The van der Waals surface area contributed by atoms with Crippen LogP contribution in [0.5, 0.6) is 0 Å². The molecule has 2 N–H and O–H groups in total. The second-order valence-corrected chi connectivity index (χ2v) is 0.905. The summed E-state index contributed by atoms with van der Waals surface area (Å²) >= 11 is 0. The molecule has 0 rings (SSSR count). The summed E-state index contributed by atoms with van der Waals surface area (Å²) in [5.74, 6) is 0. The summed E-state index contributed by atoms with van der Waals surface area (Å²) in [6.07, 6.45) is -0.403. The molecule has 0 amide bonds. The van der Waals surface area contributed by atoms with E-state index in [2.05, 4.69) is 11.3 Å². The maximum Gasteiger partial charge on any atom is 0.503 e. The van der Waals surface area contributed by atoms with E-state index in [9.17, 15) is 0 Å². The lowest BCUT2D eigenvalue weighted by Crippen LogP contribution is -1.81. The Hall–Kier alpha value is -1.19. The zero-order valence-corrected chi connectivity index (χ0v) is 5.20. The molecule has 0 unspecified atom stereocenters. The first kappa shape index (κ1) is 10.7. The molecule has 9 heavy (non-hydrogen) atoms. The lowest BCUT2D eigenvalue weighted by atomic mass is 10.9. The second-order valence-electron chi connectivity index (χ2n) is 0.905. The summed E-state index contributed by atoms with van der Waals surface area (Å²) in [4.78, 5) is 8.56. The van der Waals surface area contributed by atoms with E-state index in [1.54, 1.807) is 0 Å². The van der Waals surface area contributed by atoms with Gasteiger partial charge in [-0.25, -0.2) is 4.79 Å². The monoisotopic (exact) mass is 134 g/mol. The van der Waals surface area contributed by atoms with Gasteiger partial charge < -0.3 is 14.9 Å². The van der Waals surface area contributed by atoms with Gasteiger partial charge in [0.2, 0.25) is 0 Å². The Labute approximate surface area is 53.4 Å². The smallest absolute Gasteiger partial charge is 0.502 e. The molecule has 0 aliphatic heterocycles. The summed E-state index contributed by atoms with van der Waals surface area (Å²) in [6, 6.07) is 0. The van der Waals surface area contributed by atoms with E-state index in [4.69, 9.17) is 15.0 Å². The predicted molar refractivity (Wildman–Crippen MR) is 32.5 cm³/mol. The Kier molecular flexibility index (Phi) is 11.8. The third-order valence-electron chi connectivity index (χ3n) is 0.285. The highest BCUT2D eigenvalue weighted by molar-refractivity contribution is 5.53. The molecule has 0 aliphatic carbocycles. The van der Waals surface area contributed by atoms with Crippen LogP contribution in [0.15, 0.2) is 12.8 Å². The zero-order valence-electron chi connectivity index (χ0n) is 5.20. The average Bonchev–Trinajstić information content (AvgIpc) is 1.66. The number of ether oxygens (including phenoxy) is 1.